The Morgan fingerprint density at radius 3 is 2.75 bits per heavy atom. The first-order chi connectivity index (χ1) is 9.61. The lowest BCUT2D eigenvalue weighted by Gasteiger charge is -2.09. The van der Waals surface area contributed by atoms with Gasteiger partial charge in [0.05, 0.1) is 17.0 Å². The maximum atomic E-state index is 12.3. The number of nitrogens with zero attached hydrogens (tertiary/aromatic N) is 2. The maximum absolute atomic E-state index is 12.3. The molecule has 0 aliphatic rings. The molecule has 0 spiro atoms. The van der Waals surface area contributed by atoms with Crippen molar-refractivity contribution in [3.05, 3.63) is 57.3 Å². The molecule has 0 bridgehead atoms. The van der Waals surface area contributed by atoms with Gasteiger partial charge < -0.3 is 5.32 Å². The summed E-state index contributed by atoms with van der Waals surface area (Å²) in [7, 11) is 0. The van der Waals surface area contributed by atoms with Crippen molar-refractivity contribution in [3.63, 3.8) is 0 Å². The molecule has 1 N–H and O–H groups in total. The number of carbonyl (C=O) groups is 1. The van der Waals surface area contributed by atoms with Gasteiger partial charge in [-0.15, -0.1) is 0 Å². The van der Waals surface area contributed by atoms with Gasteiger partial charge in [-0.1, -0.05) is 41.1 Å². The SMILES string of the molecule is CCc1nnc(C)cc1C(=O)NCc1ccccc1Br. The van der Waals surface area contributed by atoms with Crippen molar-refractivity contribution in [3.8, 4) is 0 Å². The minimum atomic E-state index is -0.115. The lowest BCUT2D eigenvalue weighted by molar-refractivity contribution is 0.0949. The van der Waals surface area contributed by atoms with Crippen molar-refractivity contribution in [2.75, 3.05) is 0 Å². The molecule has 1 aromatic heterocycles. The van der Waals surface area contributed by atoms with Crippen LogP contribution in [-0.2, 0) is 13.0 Å². The quantitative estimate of drug-likeness (QED) is 0.935. The molecular weight excluding hydrogens is 318 g/mol. The number of aryl methyl sites for hydroxylation is 2. The number of aromatic nitrogens is 2. The predicted octanol–water partition coefficient (Wildman–Crippen LogP) is 3.04. The largest absolute Gasteiger partial charge is 0.348 e. The van der Waals surface area contributed by atoms with Crippen LogP contribution in [0.5, 0.6) is 0 Å². The van der Waals surface area contributed by atoms with E-state index in [0.717, 1.165) is 21.4 Å². The number of halogens is 1. The Labute approximate surface area is 126 Å². The Balaban J connectivity index is 2.13. The number of rotatable bonds is 4. The minimum absolute atomic E-state index is 0.115. The molecule has 0 saturated carbocycles. The second-order valence-corrected chi connectivity index (χ2v) is 5.33. The average Bonchev–Trinajstić information content (AvgIpc) is 2.46. The Hall–Kier alpha value is -1.75. The predicted molar refractivity (Wildman–Crippen MR) is 81.5 cm³/mol. The van der Waals surface area contributed by atoms with Crippen molar-refractivity contribution in [2.45, 2.75) is 26.8 Å². The summed E-state index contributed by atoms with van der Waals surface area (Å²) in [6.07, 6.45) is 0.686. The Morgan fingerprint density at radius 2 is 2.05 bits per heavy atom. The highest BCUT2D eigenvalue weighted by Gasteiger charge is 2.12. The van der Waals surface area contributed by atoms with E-state index in [2.05, 4.69) is 31.4 Å². The highest BCUT2D eigenvalue weighted by Crippen LogP contribution is 2.16. The second-order valence-electron chi connectivity index (χ2n) is 4.47. The molecule has 4 nitrogen and oxygen atoms in total. The van der Waals surface area contributed by atoms with Crippen molar-refractivity contribution >= 4 is 21.8 Å². The number of hydrogen-bond acceptors (Lipinski definition) is 3. The number of carbonyl (C=O) groups excluding carboxylic acids is 1. The van der Waals surface area contributed by atoms with Crippen LogP contribution < -0.4 is 5.32 Å². The summed E-state index contributed by atoms with van der Waals surface area (Å²) < 4.78 is 0.986. The summed E-state index contributed by atoms with van der Waals surface area (Å²) in [5, 5.41) is 11.0. The van der Waals surface area contributed by atoms with E-state index in [1.165, 1.54) is 0 Å². The Bertz CT molecular complexity index is 628. The zero-order valence-electron chi connectivity index (χ0n) is 11.5. The van der Waals surface area contributed by atoms with E-state index in [-0.39, 0.29) is 5.91 Å². The third kappa shape index (κ3) is 3.42. The minimum Gasteiger partial charge on any atom is -0.348 e. The molecule has 0 radical (unpaired) electrons. The van der Waals surface area contributed by atoms with Gasteiger partial charge in [0, 0.05) is 11.0 Å². The first-order valence-corrected chi connectivity index (χ1v) is 7.26. The van der Waals surface area contributed by atoms with Crippen molar-refractivity contribution in [2.24, 2.45) is 0 Å². The smallest absolute Gasteiger partial charge is 0.253 e. The van der Waals surface area contributed by atoms with Gasteiger partial charge in [0.25, 0.3) is 5.91 Å². The number of benzene rings is 1. The number of amides is 1. The van der Waals surface area contributed by atoms with Crippen LogP contribution in [0.15, 0.2) is 34.8 Å². The summed E-state index contributed by atoms with van der Waals surface area (Å²) in [6.45, 7) is 4.27. The van der Waals surface area contributed by atoms with Gasteiger partial charge in [0.15, 0.2) is 0 Å². The first-order valence-electron chi connectivity index (χ1n) is 6.46. The molecule has 0 saturated heterocycles. The topological polar surface area (TPSA) is 54.9 Å². The summed E-state index contributed by atoms with van der Waals surface area (Å²) in [6, 6.07) is 9.60. The van der Waals surface area contributed by atoms with Crippen LogP contribution in [0.2, 0.25) is 0 Å². The van der Waals surface area contributed by atoms with E-state index < -0.39 is 0 Å². The molecule has 5 heteroatoms. The second kappa shape index (κ2) is 6.61. The van der Waals surface area contributed by atoms with E-state index in [1.807, 2.05) is 38.1 Å². The fraction of sp³-hybridized carbons (Fsp3) is 0.267. The van der Waals surface area contributed by atoms with E-state index >= 15 is 0 Å². The molecule has 104 valence electrons. The van der Waals surface area contributed by atoms with Gasteiger partial charge in [-0.25, -0.2) is 0 Å². The van der Waals surface area contributed by atoms with Gasteiger partial charge in [0.1, 0.15) is 0 Å². The van der Waals surface area contributed by atoms with Gasteiger partial charge >= 0.3 is 0 Å². The van der Waals surface area contributed by atoms with E-state index in [9.17, 15) is 4.79 Å². The highest BCUT2D eigenvalue weighted by atomic mass is 79.9. The summed E-state index contributed by atoms with van der Waals surface area (Å²) in [4.78, 5) is 12.3. The zero-order valence-corrected chi connectivity index (χ0v) is 13.1. The molecule has 0 fully saturated rings. The van der Waals surface area contributed by atoms with Gasteiger partial charge in [-0.05, 0) is 31.0 Å². The molecule has 0 atom stereocenters. The Kier molecular flexibility index (Phi) is 4.84. The standard InChI is InChI=1S/C15H16BrN3O/c1-3-14-12(8-10(2)18-19-14)15(20)17-9-11-6-4-5-7-13(11)16/h4-8H,3,9H2,1-2H3,(H,17,20). The van der Waals surface area contributed by atoms with Crippen molar-refractivity contribution < 1.29 is 4.79 Å². The maximum Gasteiger partial charge on any atom is 0.253 e. The van der Waals surface area contributed by atoms with Crippen molar-refractivity contribution in [1.29, 1.82) is 0 Å². The summed E-state index contributed by atoms with van der Waals surface area (Å²) >= 11 is 3.47. The first kappa shape index (κ1) is 14.7. The number of hydrogen-bond donors (Lipinski definition) is 1. The van der Waals surface area contributed by atoms with Crippen LogP contribution >= 0.6 is 15.9 Å². The van der Waals surface area contributed by atoms with Gasteiger partial charge in [-0.2, -0.15) is 10.2 Å². The van der Waals surface area contributed by atoms with E-state index in [1.54, 1.807) is 6.07 Å². The number of nitrogens with one attached hydrogen (secondary N) is 1. The normalized spacial score (nSPS) is 10.3. The van der Waals surface area contributed by atoms with Crippen LogP contribution in [0.3, 0.4) is 0 Å². The molecule has 2 rings (SSSR count). The lowest BCUT2D eigenvalue weighted by Crippen LogP contribution is -2.25. The molecule has 1 aromatic carbocycles. The molecule has 1 heterocycles. The lowest BCUT2D eigenvalue weighted by atomic mass is 10.1. The van der Waals surface area contributed by atoms with Crippen LogP contribution in [0.1, 0.15) is 34.2 Å². The van der Waals surface area contributed by atoms with Crippen LogP contribution in [0, 0.1) is 6.92 Å². The van der Waals surface area contributed by atoms with E-state index in [4.69, 9.17) is 0 Å². The van der Waals surface area contributed by atoms with Gasteiger partial charge in [0.2, 0.25) is 0 Å². The van der Waals surface area contributed by atoms with Crippen LogP contribution in [0.4, 0.5) is 0 Å². The monoisotopic (exact) mass is 333 g/mol. The molecule has 20 heavy (non-hydrogen) atoms. The highest BCUT2D eigenvalue weighted by molar-refractivity contribution is 9.10. The van der Waals surface area contributed by atoms with E-state index in [0.29, 0.717) is 18.5 Å². The summed E-state index contributed by atoms with van der Waals surface area (Å²) in [5.74, 6) is -0.115. The van der Waals surface area contributed by atoms with Crippen LogP contribution in [-0.4, -0.2) is 16.1 Å². The molecule has 0 aliphatic carbocycles. The van der Waals surface area contributed by atoms with Gasteiger partial charge in [-0.3, -0.25) is 4.79 Å². The third-order valence-electron chi connectivity index (χ3n) is 2.97. The molecule has 0 unspecified atom stereocenters. The van der Waals surface area contributed by atoms with Crippen LogP contribution in [0.25, 0.3) is 0 Å². The average molecular weight is 334 g/mol. The Morgan fingerprint density at radius 1 is 1.30 bits per heavy atom. The third-order valence-corrected chi connectivity index (χ3v) is 3.74. The fourth-order valence-corrected chi connectivity index (χ4v) is 2.31. The van der Waals surface area contributed by atoms with Crippen molar-refractivity contribution in [1.82, 2.24) is 15.5 Å². The summed E-state index contributed by atoms with van der Waals surface area (Å²) in [5.41, 5.74) is 3.11. The fourth-order valence-electron chi connectivity index (χ4n) is 1.88. The molecule has 2 aromatic rings. The molecule has 1 amide bonds. The zero-order chi connectivity index (χ0) is 14.5. The molecular formula is C15H16BrN3O. The molecule has 0 aliphatic heterocycles.